The van der Waals surface area contributed by atoms with E-state index in [2.05, 4.69) is 16.7 Å². The number of carbonyl (C=O) groups excluding carboxylic acids is 3. The van der Waals surface area contributed by atoms with Crippen LogP contribution in [0.15, 0.2) is 36.4 Å². The van der Waals surface area contributed by atoms with Gasteiger partial charge in [0.2, 0.25) is 5.91 Å². The summed E-state index contributed by atoms with van der Waals surface area (Å²) in [4.78, 5) is 34.9. The summed E-state index contributed by atoms with van der Waals surface area (Å²) in [7, 11) is 0. The van der Waals surface area contributed by atoms with Crippen molar-refractivity contribution in [2.45, 2.75) is 39.2 Å². The molecule has 2 amide bonds. The molecule has 1 aliphatic carbocycles. The van der Waals surface area contributed by atoms with Gasteiger partial charge in [0.05, 0.1) is 6.42 Å². The quantitative estimate of drug-likeness (QED) is 0.620. The van der Waals surface area contributed by atoms with Crippen molar-refractivity contribution >= 4 is 29.2 Å². The largest absolute Gasteiger partial charge is 0.453 e. The summed E-state index contributed by atoms with van der Waals surface area (Å²) >= 11 is 0. The molecule has 6 heteroatoms. The van der Waals surface area contributed by atoms with Gasteiger partial charge in [0.15, 0.2) is 6.10 Å². The van der Waals surface area contributed by atoms with Gasteiger partial charge in [-0.1, -0.05) is 12.2 Å². The molecule has 1 aromatic rings. The third-order valence-electron chi connectivity index (χ3n) is 3.69. The number of esters is 1. The molecule has 0 heterocycles. The van der Waals surface area contributed by atoms with Gasteiger partial charge in [-0.05, 0) is 49.9 Å². The molecule has 1 aromatic carbocycles. The Balaban J connectivity index is 1.81. The second kappa shape index (κ2) is 8.29. The van der Waals surface area contributed by atoms with Gasteiger partial charge >= 0.3 is 5.97 Å². The Hall–Kier alpha value is -2.63. The standard InChI is InChI=1S/C18H22N2O4/c1-12(24-17(22)11-14-5-3-4-6-14)18(23)20-16-9-7-15(8-10-16)19-13(2)21/h3,5,7-10,12,14H,4,6,11H2,1-2H3,(H,19,21)(H,20,23)/t12-,14-/m0/s1. The Kier molecular flexibility index (Phi) is 6.12. The van der Waals surface area contributed by atoms with Crippen LogP contribution in [-0.4, -0.2) is 23.9 Å². The molecule has 0 saturated carbocycles. The second-order valence-electron chi connectivity index (χ2n) is 5.85. The van der Waals surface area contributed by atoms with E-state index in [9.17, 15) is 14.4 Å². The van der Waals surface area contributed by atoms with E-state index in [1.54, 1.807) is 31.2 Å². The predicted octanol–water partition coefficient (Wildman–Crippen LogP) is 2.87. The Bertz CT molecular complexity index is 637. The van der Waals surface area contributed by atoms with E-state index in [4.69, 9.17) is 4.74 Å². The van der Waals surface area contributed by atoms with Crippen LogP contribution >= 0.6 is 0 Å². The minimum Gasteiger partial charge on any atom is -0.453 e. The van der Waals surface area contributed by atoms with Gasteiger partial charge < -0.3 is 15.4 Å². The summed E-state index contributed by atoms with van der Waals surface area (Å²) < 4.78 is 5.18. The number of allylic oxidation sites excluding steroid dienone is 2. The van der Waals surface area contributed by atoms with Crippen molar-refractivity contribution in [1.29, 1.82) is 0 Å². The number of ether oxygens (including phenoxy) is 1. The van der Waals surface area contributed by atoms with Crippen molar-refractivity contribution in [2.75, 3.05) is 10.6 Å². The number of hydrogen-bond acceptors (Lipinski definition) is 4. The molecule has 0 saturated heterocycles. The molecule has 0 unspecified atom stereocenters. The molecule has 2 atom stereocenters. The molecule has 128 valence electrons. The topological polar surface area (TPSA) is 84.5 Å². The third-order valence-corrected chi connectivity index (χ3v) is 3.69. The van der Waals surface area contributed by atoms with Gasteiger partial charge in [0.1, 0.15) is 0 Å². The molecular formula is C18H22N2O4. The fourth-order valence-electron chi connectivity index (χ4n) is 2.46. The van der Waals surface area contributed by atoms with Gasteiger partial charge in [-0.25, -0.2) is 0 Å². The summed E-state index contributed by atoms with van der Waals surface area (Å²) in [6, 6.07) is 6.70. The van der Waals surface area contributed by atoms with E-state index in [-0.39, 0.29) is 17.8 Å². The number of carbonyl (C=O) groups is 3. The molecule has 0 radical (unpaired) electrons. The smallest absolute Gasteiger partial charge is 0.307 e. The van der Waals surface area contributed by atoms with E-state index >= 15 is 0 Å². The average Bonchev–Trinajstić information content (AvgIpc) is 3.01. The second-order valence-corrected chi connectivity index (χ2v) is 5.85. The zero-order valence-electron chi connectivity index (χ0n) is 13.9. The average molecular weight is 330 g/mol. The number of amides is 2. The van der Waals surface area contributed by atoms with Crippen LogP contribution in [0.3, 0.4) is 0 Å². The first-order valence-electron chi connectivity index (χ1n) is 7.98. The van der Waals surface area contributed by atoms with Crippen LogP contribution in [0.5, 0.6) is 0 Å². The summed E-state index contributed by atoms with van der Waals surface area (Å²) in [6.07, 6.45) is 5.46. The minimum atomic E-state index is -0.863. The van der Waals surface area contributed by atoms with Crippen LogP contribution < -0.4 is 10.6 Å². The zero-order valence-corrected chi connectivity index (χ0v) is 13.9. The molecule has 0 fully saturated rings. The highest BCUT2D eigenvalue weighted by Gasteiger charge is 2.21. The van der Waals surface area contributed by atoms with Crippen LogP contribution in [0.2, 0.25) is 0 Å². The van der Waals surface area contributed by atoms with Gasteiger partial charge in [0.25, 0.3) is 5.91 Å². The Morgan fingerprint density at radius 3 is 2.33 bits per heavy atom. The van der Waals surface area contributed by atoms with Crippen molar-refractivity contribution in [3.63, 3.8) is 0 Å². The van der Waals surface area contributed by atoms with Crippen LogP contribution in [-0.2, 0) is 19.1 Å². The third kappa shape index (κ3) is 5.53. The maximum atomic E-state index is 12.1. The van der Waals surface area contributed by atoms with Crippen LogP contribution in [0.1, 0.15) is 33.1 Å². The molecule has 24 heavy (non-hydrogen) atoms. The zero-order chi connectivity index (χ0) is 17.5. The lowest BCUT2D eigenvalue weighted by Crippen LogP contribution is -2.30. The van der Waals surface area contributed by atoms with Crippen LogP contribution in [0.4, 0.5) is 11.4 Å². The molecular weight excluding hydrogens is 308 g/mol. The van der Waals surface area contributed by atoms with Gasteiger partial charge in [0, 0.05) is 18.3 Å². The number of nitrogens with one attached hydrogen (secondary N) is 2. The fraction of sp³-hybridized carbons (Fsp3) is 0.389. The number of benzene rings is 1. The molecule has 0 spiro atoms. The van der Waals surface area contributed by atoms with Gasteiger partial charge in [-0.2, -0.15) is 0 Å². The van der Waals surface area contributed by atoms with Crippen molar-refractivity contribution in [3.8, 4) is 0 Å². The maximum Gasteiger partial charge on any atom is 0.307 e. The monoisotopic (exact) mass is 330 g/mol. The number of rotatable bonds is 6. The first kappa shape index (κ1) is 17.7. The molecule has 6 nitrogen and oxygen atoms in total. The lowest BCUT2D eigenvalue weighted by molar-refractivity contribution is -0.153. The van der Waals surface area contributed by atoms with E-state index < -0.39 is 12.0 Å². The minimum absolute atomic E-state index is 0.163. The lowest BCUT2D eigenvalue weighted by Gasteiger charge is -2.15. The summed E-state index contributed by atoms with van der Waals surface area (Å²) in [6.45, 7) is 2.97. The highest BCUT2D eigenvalue weighted by molar-refractivity contribution is 5.95. The fourth-order valence-corrected chi connectivity index (χ4v) is 2.46. The Morgan fingerprint density at radius 2 is 1.79 bits per heavy atom. The molecule has 0 aromatic heterocycles. The number of anilines is 2. The summed E-state index contributed by atoms with van der Waals surface area (Å²) in [5, 5.41) is 5.32. The Morgan fingerprint density at radius 1 is 1.17 bits per heavy atom. The van der Waals surface area contributed by atoms with Crippen molar-refractivity contribution in [2.24, 2.45) is 5.92 Å². The highest BCUT2D eigenvalue weighted by atomic mass is 16.5. The first-order chi connectivity index (χ1) is 11.4. The normalized spacial score (nSPS) is 17.2. The van der Waals surface area contributed by atoms with Crippen LogP contribution in [0, 0.1) is 5.92 Å². The van der Waals surface area contributed by atoms with E-state index in [1.807, 2.05) is 6.08 Å². The van der Waals surface area contributed by atoms with E-state index in [0.717, 1.165) is 12.8 Å². The number of hydrogen-bond donors (Lipinski definition) is 2. The highest BCUT2D eigenvalue weighted by Crippen LogP contribution is 2.21. The van der Waals surface area contributed by atoms with E-state index in [0.29, 0.717) is 17.8 Å². The lowest BCUT2D eigenvalue weighted by atomic mass is 10.1. The Labute approximate surface area is 141 Å². The molecule has 1 aliphatic rings. The van der Waals surface area contributed by atoms with Crippen LogP contribution in [0.25, 0.3) is 0 Å². The maximum absolute atomic E-state index is 12.1. The molecule has 2 N–H and O–H groups in total. The van der Waals surface area contributed by atoms with Gasteiger partial charge in [-0.15, -0.1) is 0 Å². The first-order valence-corrected chi connectivity index (χ1v) is 7.98. The summed E-state index contributed by atoms with van der Waals surface area (Å²) in [5.41, 5.74) is 1.21. The molecule has 0 bridgehead atoms. The molecule has 2 rings (SSSR count). The summed E-state index contributed by atoms with van der Waals surface area (Å²) in [5.74, 6) is -0.702. The SMILES string of the molecule is CC(=O)Nc1ccc(NC(=O)[C@H](C)OC(=O)C[C@H]2C=CCC2)cc1. The van der Waals surface area contributed by atoms with Crippen molar-refractivity contribution in [3.05, 3.63) is 36.4 Å². The molecule has 0 aliphatic heterocycles. The predicted molar refractivity (Wildman–Crippen MR) is 91.4 cm³/mol. The van der Waals surface area contributed by atoms with E-state index in [1.165, 1.54) is 6.92 Å². The van der Waals surface area contributed by atoms with Crippen molar-refractivity contribution < 1.29 is 19.1 Å². The van der Waals surface area contributed by atoms with Gasteiger partial charge in [-0.3, -0.25) is 14.4 Å². The van der Waals surface area contributed by atoms with Crippen molar-refractivity contribution in [1.82, 2.24) is 0 Å².